The summed E-state index contributed by atoms with van der Waals surface area (Å²) in [4.78, 5) is 47.4. The average molecular weight is 334 g/mol. The van der Waals surface area contributed by atoms with E-state index >= 15 is 0 Å². The van der Waals surface area contributed by atoms with Gasteiger partial charge in [-0.05, 0) is 26.0 Å². The molecule has 24 heavy (non-hydrogen) atoms. The monoisotopic (exact) mass is 334 g/mol. The molecule has 0 bridgehead atoms. The molecular formula is C16H18N2O6. The fourth-order valence-electron chi connectivity index (χ4n) is 2.13. The van der Waals surface area contributed by atoms with Crippen molar-refractivity contribution >= 4 is 23.7 Å². The zero-order valence-electron chi connectivity index (χ0n) is 13.4. The van der Waals surface area contributed by atoms with Gasteiger partial charge in [0.1, 0.15) is 5.75 Å². The molecule has 1 aliphatic rings. The van der Waals surface area contributed by atoms with Crippen molar-refractivity contribution in [3.05, 3.63) is 29.8 Å². The Morgan fingerprint density at radius 3 is 2.71 bits per heavy atom. The average Bonchev–Trinajstić information content (AvgIpc) is 2.98. The van der Waals surface area contributed by atoms with E-state index in [0.717, 1.165) is 4.90 Å². The quantitative estimate of drug-likeness (QED) is 0.608. The van der Waals surface area contributed by atoms with Gasteiger partial charge in [0.05, 0.1) is 0 Å². The van der Waals surface area contributed by atoms with Gasteiger partial charge in [0.2, 0.25) is 0 Å². The van der Waals surface area contributed by atoms with Gasteiger partial charge in [0.15, 0.2) is 18.5 Å². The van der Waals surface area contributed by atoms with Crippen molar-refractivity contribution in [2.24, 2.45) is 0 Å². The van der Waals surface area contributed by atoms with E-state index in [9.17, 15) is 19.2 Å². The van der Waals surface area contributed by atoms with Crippen molar-refractivity contribution in [2.45, 2.75) is 20.0 Å². The minimum atomic E-state index is -1.09. The standard InChI is InChI=1S/C16H18N2O6/c1-10(19)12-4-3-5-13(8-12)23-9-14(20)24-11(2)15(21)18-7-6-17-16(18)22/h3-5,8,11H,6-7,9H2,1-2H3,(H,17,22)/t11-/m1/s1. The number of hydrogen-bond donors (Lipinski definition) is 1. The normalized spacial score (nSPS) is 14.8. The third kappa shape index (κ3) is 4.31. The number of hydrogen-bond acceptors (Lipinski definition) is 6. The summed E-state index contributed by atoms with van der Waals surface area (Å²) >= 11 is 0. The molecule has 0 radical (unpaired) electrons. The van der Waals surface area contributed by atoms with Crippen LogP contribution in [-0.4, -0.2) is 54.4 Å². The van der Waals surface area contributed by atoms with Gasteiger partial charge in [-0.1, -0.05) is 12.1 Å². The van der Waals surface area contributed by atoms with E-state index in [1.54, 1.807) is 18.2 Å². The summed E-state index contributed by atoms with van der Waals surface area (Å²) in [6.07, 6.45) is -1.09. The molecular weight excluding hydrogens is 316 g/mol. The van der Waals surface area contributed by atoms with Crippen LogP contribution in [0.15, 0.2) is 24.3 Å². The summed E-state index contributed by atoms with van der Waals surface area (Å²) in [5.74, 6) is -1.11. The molecule has 1 aromatic rings. The van der Waals surface area contributed by atoms with Gasteiger partial charge in [-0.3, -0.25) is 14.5 Å². The highest BCUT2D eigenvalue weighted by Crippen LogP contribution is 2.14. The number of nitrogens with one attached hydrogen (secondary N) is 1. The Kier molecular flexibility index (Phi) is 5.51. The second-order valence-electron chi connectivity index (χ2n) is 5.23. The molecule has 8 heteroatoms. The number of ether oxygens (including phenoxy) is 2. The van der Waals surface area contributed by atoms with Gasteiger partial charge in [-0.2, -0.15) is 0 Å². The van der Waals surface area contributed by atoms with Crippen LogP contribution in [0.3, 0.4) is 0 Å². The van der Waals surface area contributed by atoms with Gasteiger partial charge in [0, 0.05) is 18.7 Å². The van der Waals surface area contributed by atoms with Gasteiger partial charge < -0.3 is 14.8 Å². The Morgan fingerprint density at radius 2 is 2.08 bits per heavy atom. The lowest BCUT2D eigenvalue weighted by atomic mass is 10.1. The summed E-state index contributed by atoms with van der Waals surface area (Å²) in [5, 5.41) is 2.49. The maximum absolute atomic E-state index is 12.0. The van der Waals surface area contributed by atoms with E-state index in [1.807, 2.05) is 0 Å². The highest BCUT2D eigenvalue weighted by atomic mass is 16.6. The lowest BCUT2D eigenvalue weighted by Crippen LogP contribution is -2.42. The molecule has 1 heterocycles. The van der Waals surface area contributed by atoms with Crippen LogP contribution in [0, 0.1) is 0 Å². The molecule has 1 N–H and O–H groups in total. The predicted molar refractivity (Wildman–Crippen MR) is 82.6 cm³/mol. The van der Waals surface area contributed by atoms with Gasteiger partial charge in [-0.15, -0.1) is 0 Å². The van der Waals surface area contributed by atoms with Crippen LogP contribution >= 0.6 is 0 Å². The van der Waals surface area contributed by atoms with E-state index in [1.165, 1.54) is 19.9 Å². The first-order chi connectivity index (χ1) is 11.4. The molecule has 1 saturated heterocycles. The van der Waals surface area contributed by atoms with E-state index in [2.05, 4.69) is 5.32 Å². The first-order valence-corrected chi connectivity index (χ1v) is 7.41. The van der Waals surface area contributed by atoms with Crippen LogP contribution in [-0.2, 0) is 14.3 Å². The largest absolute Gasteiger partial charge is 0.482 e. The molecule has 1 fully saturated rings. The fraction of sp³-hybridized carbons (Fsp3) is 0.375. The number of Topliss-reactive ketones (excluding diaryl/α,β-unsaturated/α-hetero) is 1. The minimum absolute atomic E-state index is 0.119. The first-order valence-electron chi connectivity index (χ1n) is 7.41. The number of imide groups is 1. The van der Waals surface area contributed by atoms with Crippen LogP contribution in [0.1, 0.15) is 24.2 Å². The number of esters is 1. The van der Waals surface area contributed by atoms with Crippen molar-refractivity contribution in [3.8, 4) is 5.75 Å². The number of amides is 3. The first kappa shape index (κ1) is 17.5. The molecule has 0 aromatic heterocycles. The van der Waals surface area contributed by atoms with Gasteiger partial charge in [0.25, 0.3) is 5.91 Å². The van der Waals surface area contributed by atoms with Crippen molar-refractivity contribution in [1.29, 1.82) is 0 Å². The van der Waals surface area contributed by atoms with Crippen molar-refractivity contribution < 1.29 is 28.7 Å². The van der Waals surface area contributed by atoms with Crippen LogP contribution in [0.4, 0.5) is 4.79 Å². The highest BCUT2D eigenvalue weighted by Gasteiger charge is 2.31. The zero-order valence-corrected chi connectivity index (χ0v) is 13.4. The molecule has 0 spiro atoms. The summed E-state index contributed by atoms with van der Waals surface area (Å²) in [6.45, 7) is 3.03. The van der Waals surface area contributed by atoms with Gasteiger partial charge in [-0.25, -0.2) is 9.59 Å². The van der Waals surface area contributed by atoms with Crippen LogP contribution in [0.5, 0.6) is 5.75 Å². The van der Waals surface area contributed by atoms with E-state index in [4.69, 9.17) is 9.47 Å². The van der Waals surface area contributed by atoms with Gasteiger partial charge >= 0.3 is 12.0 Å². The molecule has 1 aromatic carbocycles. The lowest BCUT2D eigenvalue weighted by Gasteiger charge is -2.18. The Bertz CT molecular complexity index is 672. The number of carbonyl (C=O) groups is 4. The molecule has 3 amide bonds. The summed E-state index contributed by atoms with van der Waals surface area (Å²) in [5.41, 5.74) is 0.462. The number of benzene rings is 1. The molecule has 0 saturated carbocycles. The number of nitrogens with zero attached hydrogens (tertiary/aromatic N) is 1. The number of ketones is 1. The maximum atomic E-state index is 12.0. The second-order valence-corrected chi connectivity index (χ2v) is 5.23. The molecule has 1 atom stereocenters. The Hall–Kier alpha value is -2.90. The van der Waals surface area contributed by atoms with Crippen molar-refractivity contribution in [3.63, 3.8) is 0 Å². The van der Waals surface area contributed by atoms with Crippen molar-refractivity contribution in [2.75, 3.05) is 19.7 Å². The third-order valence-corrected chi connectivity index (χ3v) is 3.38. The van der Waals surface area contributed by atoms with E-state index in [-0.39, 0.29) is 12.3 Å². The van der Waals surface area contributed by atoms with Crippen molar-refractivity contribution in [1.82, 2.24) is 10.2 Å². The van der Waals surface area contributed by atoms with E-state index in [0.29, 0.717) is 17.9 Å². The lowest BCUT2D eigenvalue weighted by molar-refractivity contribution is -0.159. The fourth-order valence-corrected chi connectivity index (χ4v) is 2.13. The number of urea groups is 1. The maximum Gasteiger partial charge on any atom is 0.344 e. The number of rotatable bonds is 6. The summed E-state index contributed by atoms with van der Waals surface area (Å²) in [7, 11) is 0. The molecule has 8 nitrogen and oxygen atoms in total. The molecule has 0 aliphatic carbocycles. The summed E-state index contributed by atoms with van der Waals surface area (Å²) < 4.78 is 10.2. The smallest absolute Gasteiger partial charge is 0.344 e. The molecule has 1 aliphatic heterocycles. The minimum Gasteiger partial charge on any atom is -0.482 e. The topological polar surface area (TPSA) is 102 Å². The van der Waals surface area contributed by atoms with E-state index < -0.39 is 30.6 Å². The predicted octanol–water partition coefficient (Wildman–Crippen LogP) is 0.751. The Balaban J connectivity index is 1.84. The number of carbonyl (C=O) groups excluding carboxylic acids is 4. The molecule has 128 valence electrons. The SMILES string of the molecule is CC(=O)c1cccc(OCC(=O)O[C@H](C)C(=O)N2CCNC2=O)c1. The molecule has 0 unspecified atom stereocenters. The zero-order chi connectivity index (χ0) is 17.7. The van der Waals surface area contributed by atoms with Crippen LogP contribution in [0.2, 0.25) is 0 Å². The third-order valence-electron chi connectivity index (χ3n) is 3.38. The summed E-state index contributed by atoms with van der Waals surface area (Å²) in [6, 6.07) is 5.88. The molecule has 2 rings (SSSR count). The Morgan fingerprint density at radius 1 is 1.33 bits per heavy atom. The highest BCUT2D eigenvalue weighted by molar-refractivity contribution is 5.98. The van der Waals surface area contributed by atoms with Crippen LogP contribution < -0.4 is 10.1 Å². The second kappa shape index (κ2) is 7.58. The van der Waals surface area contributed by atoms with Crippen LogP contribution in [0.25, 0.3) is 0 Å². The Labute approximate surface area is 138 Å².